The van der Waals surface area contributed by atoms with Crippen LogP contribution < -0.4 is 10.1 Å². The van der Waals surface area contributed by atoms with Crippen LogP contribution in [0.3, 0.4) is 0 Å². The Hall–Kier alpha value is -3.12. The Labute approximate surface area is 217 Å². The summed E-state index contributed by atoms with van der Waals surface area (Å²) in [5.74, 6) is 0.102. The third kappa shape index (κ3) is 6.16. The van der Waals surface area contributed by atoms with Crippen molar-refractivity contribution in [2.45, 2.75) is 71.8 Å². The molecule has 1 fully saturated rings. The van der Waals surface area contributed by atoms with E-state index in [0.29, 0.717) is 22.7 Å². The van der Waals surface area contributed by atoms with Crippen LogP contribution in [0.1, 0.15) is 83.5 Å². The zero-order chi connectivity index (χ0) is 25.5. The molecule has 1 aliphatic rings. The highest BCUT2D eigenvalue weighted by molar-refractivity contribution is 7.17. The van der Waals surface area contributed by atoms with Crippen LogP contribution in [0.15, 0.2) is 48.5 Å². The first kappa shape index (κ1) is 26.0. The summed E-state index contributed by atoms with van der Waals surface area (Å²) in [5.41, 5.74) is 3.96. The van der Waals surface area contributed by atoms with E-state index in [0.717, 1.165) is 53.9 Å². The minimum absolute atomic E-state index is 0.266. The van der Waals surface area contributed by atoms with Crippen molar-refractivity contribution in [1.82, 2.24) is 0 Å². The van der Waals surface area contributed by atoms with Crippen LogP contribution in [0.5, 0.6) is 5.75 Å². The minimum atomic E-state index is -0.413. The van der Waals surface area contributed by atoms with Crippen molar-refractivity contribution in [3.05, 3.63) is 70.1 Å². The Balaban J connectivity index is 1.58. The SMILES string of the molecule is CCCOC(=O)c1c(NC(=O)c2ccc(OC3CCCC3)cc2)sc(C)c1-c1ccc(CCC)cc1. The van der Waals surface area contributed by atoms with Gasteiger partial charge in [0.25, 0.3) is 5.91 Å². The Kier molecular flexibility index (Phi) is 8.81. The number of hydrogen-bond donors (Lipinski definition) is 1. The molecule has 1 amide bonds. The van der Waals surface area contributed by atoms with Crippen molar-refractivity contribution in [3.8, 4) is 16.9 Å². The Bertz CT molecular complexity index is 1170. The quantitative estimate of drug-likeness (QED) is 0.285. The zero-order valence-corrected chi connectivity index (χ0v) is 22.2. The minimum Gasteiger partial charge on any atom is -0.490 e. The number of benzene rings is 2. The summed E-state index contributed by atoms with van der Waals surface area (Å²) in [6, 6.07) is 15.5. The number of aryl methyl sites for hydroxylation is 2. The van der Waals surface area contributed by atoms with Crippen molar-refractivity contribution in [3.63, 3.8) is 0 Å². The maximum absolute atomic E-state index is 13.1. The van der Waals surface area contributed by atoms with Gasteiger partial charge in [0, 0.05) is 16.0 Å². The van der Waals surface area contributed by atoms with E-state index in [-0.39, 0.29) is 12.0 Å². The molecule has 0 radical (unpaired) electrons. The van der Waals surface area contributed by atoms with Crippen LogP contribution in [0, 0.1) is 6.92 Å². The van der Waals surface area contributed by atoms with Gasteiger partial charge in [0.15, 0.2) is 0 Å². The molecule has 0 aliphatic heterocycles. The van der Waals surface area contributed by atoms with Crippen LogP contribution in [0.25, 0.3) is 11.1 Å². The largest absolute Gasteiger partial charge is 0.490 e. The van der Waals surface area contributed by atoms with E-state index in [1.807, 2.05) is 38.1 Å². The number of carbonyl (C=O) groups excluding carboxylic acids is 2. The van der Waals surface area contributed by atoms with Gasteiger partial charge >= 0.3 is 5.97 Å². The number of nitrogens with one attached hydrogen (secondary N) is 1. The van der Waals surface area contributed by atoms with Crippen molar-refractivity contribution in [2.24, 2.45) is 0 Å². The molecule has 0 spiro atoms. The number of hydrogen-bond acceptors (Lipinski definition) is 5. The summed E-state index contributed by atoms with van der Waals surface area (Å²) in [6.07, 6.45) is 7.67. The smallest absolute Gasteiger partial charge is 0.341 e. The van der Waals surface area contributed by atoms with Gasteiger partial charge in [-0.15, -0.1) is 11.3 Å². The van der Waals surface area contributed by atoms with Crippen LogP contribution in [-0.4, -0.2) is 24.6 Å². The molecule has 2 aromatic carbocycles. The lowest BCUT2D eigenvalue weighted by Crippen LogP contribution is -2.15. The third-order valence-electron chi connectivity index (χ3n) is 6.46. The number of esters is 1. The first-order valence-electron chi connectivity index (χ1n) is 13.0. The van der Waals surface area contributed by atoms with Crippen LogP contribution in [0.4, 0.5) is 5.00 Å². The lowest BCUT2D eigenvalue weighted by molar-refractivity contribution is 0.0507. The molecule has 4 rings (SSSR count). The van der Waals surface area contributed by atoms with Gasteiger partial charge in [0.05, 0.1) is 12.7 Å². The van der Waals surface area contributed by atoms with E-state index >= 15 is 0 Å². The van der Waals surface area contributed by atoms with Gasteiger partial charge < -0.3 is 14.8 Å². The highest BCUT2D eigenvalue weighted by Crippen LogP contribution is 2.41. The summed E-state index contributed by atoms with van der Waals surface area (Å²) in [7, 11) is 0. The number of carbonyl (C=O) groups is 2. The van der Waals surface area contributed by atoms with Gasteiger partial charge in [-0.05, 0) is 80.8 Å². The molecule has 1 heterocycles. The summed E-state index contributed by atoms with van der Waals surface area (Å²) in [6.45, 7) is 6.42. The molecule has 6 heteroatoms. The maximum atomic E-state index is 13.1. The van der Waals surface area contributed by atoms with Gasteiger partial charge in [-0.2, -0.15) is 0 Å². The van der Waals surface area contributed by atoms with Gasteiger partial charge in [0.1, 0.15) is 16.3 Å². The van der Waals surface area contributed by atoms with Crippen LogP contribution >= 0.6 is 11.3 Å². The van der Waals surface area contributed by atoms with Gasteiger partial charge in [-0.1, -0.05) is 44.5 Å². The fourth-order valence-electron chi connectivity index (χ4n) is 4.63. The van der Waals surface area contributed by atoms with Crippen LogP contribution in [-0.2, 0) is 11.2 Å². The second-order valence-corrected chi connectivity index (χ2v) is 10.5. The second-order valence-electron chi connectivity index (χ2n) is 9.32. The molecule has 0 atom stereocenters. The number of anilines is 1. The van der Waals surface area contributed by atoms with Gasteiger partial charge in [-0.3, -0.25) is 4.79 Å². The highest BCUT2D eigenvalue weighted by Gasteiger charge is 2.26. The van der Waals surface area contributed by atoms with Crippen molar-refractivity contribution in [1.29, 1.82) is 0 Å². The molecule has 1 saturated carbocycles. The summed E-state index contributed by atoms with van der Waals surface area (Å²) >= 11 is 1.40. The molecule has 36 heavy (non-hydrogen) atoms. The van der Waals surface area contributed by atoms with E-state index in [1.165, 1.54) is 29.7 Å². The third-order valence-corrected chi connectivity index (χ3v) is 7.48. The fraction of sp³-hybridized carbons (Fsp3) is 0.400. The van der Waals surface area contributed by atoms with E-state index in [4.69, 9.17) is 9.47 Å². The highest BCUT2D eigenvalue weighted by atomic mass is 32.1. The van der Waals surface area contributed by atoms with E-state index in [2.05, 4.69) is 24.4 Å². The van der Waals surface area contributed by atoms with Gasteiger partial charge in [-0.25, -0.2) is 4.79 Å². The Morgan fingerprint density at radius 3 is 2.31 bits per heavy atom. The monoisotopic (exact) mass is 505 g/mol. The maximum Gasteiger partial charge on any atom is 0.341 e. The number of amides is 1. The van der Waals surface area contributed by atoms with Crippen molar-refractivity contribution < 1.29 is 19.1 Å². The number of rotatable bonds is 10. The van der Waals surface area contributed by atoms with Gasteiger partial charge in [0.2, 0.25) is 0 Å². The van der Waals surface area contributed by atoms with Crippen LogP contribution in [0.2, 0.25) is 0 Å². The lowest BCUT2D eigenvalue weighted by atomic mass is 9.99. The average Bonchev–Trinajstić information content (AvgIpc) is 3.51. The van der Waals surface area contributed by atoms with Crippen molar-refractivity contribution >= 4 is 28.2 Å². The Morgan fingerprint density at radius 1 is 0.972 bits per heavy atom. The lowest BCUT2D eigenvalue weighted by Gasteiger charge is -2.13. The summed E-state index contributed by atoms with van der Waals surface area (Å²) in [5, 5.41) is 3.49. The molecule has 0 saturated heterocycles. The van der Waals surface area contributed by atoms with Crippen molar-refractivity contribution in [2.75, 3.05) is 11.9 Å². The Morgan fingerprint density at radius 2 is 1.67 bits per heavy atom. The standard InChI is InChI=1S/C30H35NO4S/c1-4-8-21-11-13-22(14-12-21)26-20(3)36-29(27(26)30(33)34-19-5-2)31-28(32)23-15-17-25(18-16-23)35-24-9-6-7-10-24/h11-18,24H,4-10,19H2,1-3H3,(H,31,32). The first-order chi connectivity index (χ1) is 17.5. The number of ether oxygens (including phenoxy) is 2. The fourth-order valence-corrected chi connectivity index (χ4v) is 5.69. The van der Waals surface area contributed by atoms with E-state index < -0.39 is 5.97 Å². The molecule has 190 valence electrons. The summed E-state index contributed by atoms with van der Waals surface area (Å²) < 4.78 is 11.5. The molecule has 5 nitrogen and oxygen atoms in total. The average molecular weight is 506 g/mol. The molecule has 1 aromatic heterocycles. The molecule has 1 aliphatic carbocycles. The molecule has 1 N–H and O–H groups in total. The first-order valence-corrected chi connectivity index (χ1v) is 13.8. The summed E-state index contributed by atoms with van der Waals surface area (Å²) in [4.78, 5) is 27.2. The molecule has 0 bridgehead atoms. The van der Waals surface area contributed by atoms with E-state index in [9.17, 15) is 9.59 Å². The number of thiophene rings is 1. The predicted molar refractivity (Wildman–Crippen MR) is 146 cm³/mol. The predicted octanol–water partition coefficient (Wildman–Crippen LogP) is 7.82. The zero-order valence-electron chi connectivity index (χ0n) is 21.4. The topological polar surface area (TPSA) is 64.6 Å². The normalized spacial score (nSPS) is 13.5. The molecule has 3 aromatic rings. The molecular weight excluding hydrogens is 470 g/mol. The molecular formula is C30H35NO4S. The second kappa shape index (κ2) is 12.2. The molecule has 0 unspecified atom stereocenters. The van der Waals surface area contributed by atoms with E-state index in [1.54, 1.807) is 12.1 Å².